The van der Waals surface area contributed by atoms with Crippen molar-refractivity contribution in [1.82, 2.24) is 10.0 Å². The zero-order valence-corrected chi connectivity index (χ0v) is 10.9. The highest BCUT2D eigenvalue weighted by Gasteiger charge is 2.14. The molecule has 4 N–H and O–H groups in total. The fourth-order valence-corrected chi connectivity index (χ4v) is 1.82. The molecule has 1 aromatic carbocycles. The summed E-state index contributed by atoms with van der Waals surface area (Å²) in [5.41, 5.74) is 6.47. The molecular weight excluding hydrogens is 254 g/mol. The molecule has 0 aliphatic carbocycles. The molecule has 1 atom stereocenters. The van der Waals surface area contributed by atoms with E-state index in [4.69, 9.17) is 5.73 Å². The lowest BCUT2D eigenvalue weighted by atomic mass is 10.1. The van der Waals surface area contributed by atoms with Gasteiger partial charge in [-0.25, -0.2) is 13.1 Å². The van der Waals surface area contributed by atoms with Crippen LogP contribution in [0.1, 0.15) is 11.6 Å². The zero-order valence-electron chi connectivity index (χ0n) is 10.1. The molecule has 0 heterocycles. The molecule has 0 saturated heterocycles. The van der Waals surface area contributed by atoms with E-state index >= 15 is 0 Å². The number of amides is 1. The van der Waals surface area contributed by atoms with Crippen LogP contribution in [0.5, 0.6) is 0 Å². The predicted molar refractivity (Wildman–Crippen MR) is 69.2 cm³/mol. The van der Waals surface area contributed by atoms with Crippen LogP contribution < -0.4 is 15.8 Å². The van der Waals surface area contributed by atoms with Crippen LogP contribution in [0.3, 0.4) is 0 Å². The van der Waals surface area contributed by atoms with Gasteiger partial charge in [0.1, 0.15) is 6.04 Å². The van der Waals surface area contributed by atoms with E-state index < -0.39 is 16.1 Å². The minimum Gasteiger partial charge on any atom is -0.353 e. The van der Waals surface area contributed by atoms with Crippen molar-refractivity contribution in [2.45, 2.75) is 6.04 Å². The standard InChI is InChI=1S/C11H17N3O3S/c1-18(16,17)14-8-7-13-11(15)10(12)9-5-3-2-4-6-9/h2-6,10,14H,7-8,12H2,1H3,(H,13,15). The Morgan fingerprint density at radius 3 is 2.44 bits per heavy atom. The van der Waals surface area contributed by atoms with Crippen LogP contribution in [0.15, 0.2) is 30.3 Å². The molecular formula is C11H17N3O3S. The minimum atomic E-state index is -3.23. The van der Waals surface area contributed by atoms with Gasteiger partial charge >= 0.3 is 0 Å². The number of hydrogen-bond donors (Lipinski definition) is 3. The second-order valence-corrected chi connectivity index (χ2v) is 5.68. The third kappa shape index (κ3) is 5.26. The van der Waals surface area contributed by atoms with Crippen LogP contribution in [0.4, 0.5) is 0 Å². The summed E-state index contributed by atoms with van der Waals surface area (Å²) in [4.78, 5) is 11.7. The second-order valence-electron chi connectivity index (χ2n) is 3.85. The molecule has 0 saturated carbocycles. The van der Waals surface area contributed by atoms with Gasteiger partial charge in [-0.2, -0.15) is 0 Å². The first kappa shape index (κ1) is 14.6. The molecule has 0 radical (unpaired) electrons. The van der Waals surface area contributed by atoms with E-state index in [1.54, 1.807) is 24.3 Å². The smallest absolute Gasteiger partial charge is 0.241 e. The molecule has 6 nitrogen and oxygen atoms in total. The molecule has 100 valence electrons. The van der Waals surface area contributed by atoms with E-state index in [1.807, 2.05) is 6.07 Å². The van der Waals surface area contributed by atoms with Crippen LogP contribution >= 0.6 is 0 Å². The lowest BCUT2D eigenvalue weighted by molar-refractivity contribution is -0.122. The summed E-state index contributed by atoms with van der Waals surface area (Å²) in [5.74, 6) is -0.337. The number of carbonyl (C=O) groups is 1. The summed E-state index contributed by atoms with van der Waals surface area (Å²) in [7, 11) is -3.23. The van der Waals surface area contributed by atoms with Crippen LogP contribution in [-0.4, -0.2) is 33.7 Å². The molecule has 1 unspecified atom stereocenters. The molecule has 0 spiro atoms. The first-order valence-corrected chi connectivity index (χ1v) is 7.32. The van der Waals surface area contributed by atoms with Gasteiger partial charge in [-0.05, 0) is 5.56 Å². The van der Waals surface area contributed by atoms with Crippen molar-refractivity contribution in [3.63, 3.8) is 0 Å². The van der Waals surface area contributed by atoms with E-state index in [0.717, 1.165) is 6.26 Å². The predicted octanol–water partition coefficient (Wildman–Crippen LogP) is -0.648. The summed E-state index contributed by atoms with van der Waals surface area (Å²) in [6.45, 7) is 0.346. The van der Waals surface area contributed by atoms with Gasteiger partial charge in [0.2, 0.25) is 15.9 Å². The number of rotatable bonds is 6. The molecule has 0 aliphatic rings. The second kappa shape index (κ2) is 6.48. The Labute approximate surface area is 107 Å². The summed E-state index contributed by atoms with van der Waals surface area (Å²) >= 11 is 0. The molecule has 1 amide bonds. The lowest BCUT2D eigenvalue weighted by Crippen LogP contribution is -2.39. The Bertz CT molecular complexity index is 488. The largest absolute Gasteiger partial charge is 0.353 e. The van der Waals surface area contributed by atoms with Gasteiger partial charge in [-0.15, -0.1) is 0 Å². The minimum absolute atomic E-state index is 0.145. The van der Waals surface area contributed by atoms with Gasteiger partial charge in [0.15, 0.2) is 0 Å². The number of nitrogens with one attached hydrogen (secondary N) is 2. The number of carbonyl (C=O) groups excluding carboxylic acids is 1. The van der Waals surface area contributed by atoms with E-state index in [1.165, 1.54) is 0 Å². The van der Waals surface area contributed by atoms with Crippen LogP contribution in [0.25, 0.3) is 0 Å². The Morgan fingerprint density at radius 2 is 1.89 bits per heavy atom. The van der Waals surface area contributed by atoms with Crippen LogP contribution in [0.2, 0.25) is 0 Å². The molecule has 0 fully saturated rings. The van der Waals surface area contributed by atoms with Crippen molar-refractivity contribution in [1.29, 1.82) is 0 Å². The molecule has 0 bridgehead atoms. The summed E-state index contributed by atoms with van der Waals surface area (Å²) in [6, 6.07) is 8.22. The van der Waals surface area contributed by atoms with Crippen LogP contribution in [0, 0.1) is 0 Å². The van der Waals surface area contributed by atoms with Crippen molar-refractivity contribution in [3.05, 3.63) is 35.9 Å². The maximum atomic E-state index is 11.7. The Morgan fingerprint density at radius 1 is 1.28 bits per heavy atom. The monoisotopic (exact) mass is 271 g/mol. The quantitative estimate of drug-likeness (QED) is 0.598. The highest BCUT2D eigenvalue weighted by atomic mass is 32.2. The first-order chi connectivity index (χ1) is 8.40. The topological polar surface area (TPSA) is 101 Å². The first-order valence-electron chi connectivity index (χ1n) is 5.43. The van der Waals surface area contributed by atoms with E-state index in [0.29, 0.717) is 5.56 Å². The van der Waals surface area contributed by atoms with Gasteiger partial charge in [0, 0.05) is 13.1 Å². The SMILES string of the molecule is CS(=O)(=O)NCCNC(=O)C(N)c1ccccc1. The molecule has 1 rings (SSSR count). The normalized spacial score (nSPS) is 13.0. The Kier molecular flexibility index (Phi) is 5.26. The molecule has 7 heteroatoms. The highest BCUT2D eigenvalue weighted by Crippen LogP contribution is 2.08. The van der Waals surface area contributed by atoms with Gasteiger partial charge in [0.25, 0.3) is 0 Å². The maximum Gasteiger partial charge on any atom is 0.241 e. The van der Waals surface area contributed by atoms with E-state index in [2.05, 4.69) is 10.0 Å². The number of sulfonamides is 1. The van der Waals surface area contributed by atoms with Crippen molar-refractivity contribution in [2.24, 2.45) is 5.73 Å². The average molecular weight is 271 g/mol. The molecule has 18 heavy (non-hydrogen) atoms. The van der Waals surface area contributed by atoms with Gasteiger partial charge in [0.05, 0.1) is 6.26 Å². The Balaban J connectivity index is 2.38. The third-order valence-electron chi connectivity index (χ3n) is 2.23. The Hall–Kier alpha value is -1.44. The third-order valence-corrected chi connectivity index (χ3v) is 2.96. The fraction of sp³-hybridized carbons (Fsp3) is 0.364. The highest BCUT2D eigenvalue weighted by molar-refractivity contribution is 7.88. The van der Waals surface area contributed by atoms with Crippen molar-refractivity contribution < 1.29 is 13.2 Å². The molecule has 1 aromatic rings. The summed E-state index contributed by atoms with van der Waals surface area (Å²) in [5, 5.41) is 2.56. The van der Waals surface area contributed by atoms with Gasteiger partial charge < -0.3 is 11.1 Å². The zero-order chi connectivity index (χ0) is 13.6. The van der Waals surface area contributed by atoms with Crippen molar-refractivity contribution in [2.75, 3.05) is 19.3 Å². The van der Waals surface area contributed by atoms with Crippen molar-refractivity contribution >= 4 is 15.9 Å². The molecule has 0 aliphatic heterocycles. The lowest BCUT2D eigenvalue weighted by Gasteiger charge is -2.12. The summed E-state index contributed by atoms with van der Waals surface area (Å²) in [6.07, 6.45) is 1.06. The maximum absolute atomic E-state index is 11.7. The van der Waals surface area contributed by atoms with Crippen LogP contribution in [-0.2, 0) is 14.8 Å². The number of hydrogen-bond acceptors (Lipinski definition) is 4. The van der Waals surface area contributed by atoms with E-state index in [9.17, 15) is 13.2 Å². The molecule has 0 aromatic heterocycles. The van der Waals surface area contributed by atoms with Gasteiger partial charge in [-0.3, -0.25) is 4.79 Å². The van der Waals surface area contributed by atoms with Gasteiger partial charge in [-0.1, -0.05) is 30.3 Å². The number of nitrogens with two attached hydrogens (primary N) is 1. The average Bonchev–Trinajstić information content (AvgIpc) is 2.33. The van der Waals surface area contributed by atoms with E-state index in [-0.39, 0.29) is 19.0 Å². The fourth-order valence-electron chi connectivity index (χ4n) is 1.34. The number of benzene rings is 1. The summed E-state index contributed by atoms with van der Waals surface area (Å²) < 4.78 is 23.8. The van der Waals surface area contributed by atoms with Crippen molar-refractivity contribution in [3.8, 4) is 0 Å².